The summed E-state index contributed by atoms with van der Waals surface area (Å²) < 4.78 is 12.3. The third kappa shape index (κ3) is 6.34. The highest BCUT2D eigenvalue weighted by molar-refractivity contribution is 5.90. The molecule has 0 spiro atoms. The van der Waals surface area contributed by atoms with Gasteiger partial charge in [0.15, 0.2) is 0 Å². The maximum atomic E-state index is 13.0. The van der Waals surface area contributed by atoms with Crippen molar-refractivity contribution in [3.63, 3.8) is 0 Å². The van der Waals surface area contributed by atoms with Crippen molar-refractivity contribution in [1.29, 1.82) is 0 Å². The fourth-order valence-electron chi connectivity index (χ4n) is 4.09. The molecule has 1 amide bonds. The smallest absolute Gasteiger partial charge is 0.435 e. The molecule has 1 aromatic heterocycles. The molecule has 1 unspecified atom stereocenters. The lowest BCUT2D eigenvalue weighted by molar-refractivity contribution is 0.0522. The van der Waals surface area contributed by atoms with Crippen LogP contribution in [0.25, 0.3) is 10.9 Å². The Labute approximate surface area is 215 Å². The first-order valence-corrected chi connectivity index (χ1v) is 12.1. The zero-order chi connectivity index (χ0) is 26.4. The van der Waals surface area contributed by atoms with Crippen LogP contribution in [-0.2, 0) is 22.5 Å². The Morgan fingerprint density at radius 3 is 2.38 bits per heavy atom. The lowest BCUT2D eigenvalue weighted by Gasteiger charge is -2.21. The van der Waals surface area contributed by atoms with E-state index in [9.17, 15) is 14.7 Å². The summed E-state index contributed by atoms with van der Waals surface area (Å²) in [7, 11) is 0. The third-order valence-electron chi connectivity index (χ3n) is 5.68. The van der Waals surface area contributed by atoms with Gasteiger partial charge in [0, 0.05) is 12.0 Å². The van der Waals surface area contributed by atoms with Crippen molar-refractivity contribution in [3.05, 3.63) is 101 Å². The number of nitrogens with zero attached hydrogens (tertiary/aromatic N) is 2. The Morgan fingerprint density at radius 2 is 1.65 bits per heavy atom. The number of hydrogen-bond donors (Lipinski definition) is 2. The Hall–Kier alpha value is -4.17. The van der Waals surface area contributed by atoms with Crippen molar-refractivity contribution in [2.75, 3.05) is 6.61 Å². The van der Waals surface area contributed by atoms with Gasteiger partial charge in [-0.1, -0.05) is 72.8 Å². The van der Waals surface area contributed by atoms with Crippen molar-refractivity contribution in [2.45, 2.75) is 45.4 Å². The number of ether oxygens (including phenoxy) is 2. The predicted octanol–water partition coefficient (Wildman–Crippen LogP) is 5.37. The molecule has 4 rings (SSSR count). The maximum absolute atomic E-state index is 13.0. The maximum Gasteiger partial charge on any atom is 0.435 e. The highest BCUT2D eigenvalue weighted by Crippen LogP contribution is 2.31. The van der Waals surface area contributed by atoms with Crippen LogP contribution in [-0.4, -0.2) is 39.3 Å². The molecule has 1 heterocycles. The van der Waals surface area contributed by atoms with E-state index in [-0.39, 0.29) is 13.2 Å². The van der Waals surface area contributed by atoms with E-state index in [0.717, 1.165) is 16.7 Å². The summed E-state index contributed by atoms with van der Waals surface area (Å²) >= 11 is 0. The molecule has 4 aromatic rings. The van der Waals surface area contributed by atoms with E-state index < -0.39 is 23.8 Å². The standard InChI is InChI=1S/C29H31N3O5/c1-29(2,3)37-28(35)32-24-16-10-9-15-23(24)26(31-32)25(22-14-8-7-13-21(22)17-18-33)30-27(34)36-19-20-11-5-4-6-12-20/h4-16,25,33H,17-19H2,1-3H3,(H,30,34). The quantitative estimate of drug-likeness (QED) is 0.353. The van der Waals surface area contributed by atoms with Crippen molar-refractivity contribution in [1.82, 2.24) is 15.1 Å². The Kier molecular flexibility index (Phi) is 7.89. The summed E-state index contributed by atoms with van der Waals surface area (Å²) in [6.45, 7) is 5.40. The highest BCUT2D eigenvalue weighted by Gasteiger charge is 2.28. The SMILES string of the molecule is CC(C)(C)OC(=O)n1nc(C(NC(=O)OCc2ccccc2)c2ccccc2CCO)c2ccccc21. The number of carbonyl (C=O) groups excluding carboxylic acids is 2. The number of para-hydroxylation sites is 1. The Morgan fingerprint density at radius 1 is 0.973 bits per heavy atom. The topological polar surface area (TPSA) is 103 Å². The molecule has 37 heavy (non-hydrogen) atoms. The normalized spacial score (nSPS) is 12.2. The summed E-state index contributed by atoms with van der Waals surface area (Å²) in [6, 6.07) is 23.4. The zero-order valence-electron chi connectivity index (χ0n) is 21.2. The molecule has 0 fully saturated rings. The summed E-state index contributed by atoms with van der Waals surface area (Å²) in [5.41, 5.74) is 2.74. The first-order valence-electron chi connectivity index (χ1n) is 12.1. The number of aromatic nitrogens is 2. The molecule has 2 N–H and O–H groups in total. The number of aliphatic hydroxyl groups excluding tert-OH is 1. The molecular weight excluding hydrogens is 470 g/mol. The van der Waals surface area contributed by atoms with Crippen LogP contribution in [0.1, 0.15) is 49.2 Å². The van der Waals surface area contributed by atoms with Crippen LogP contribution < -0.4 is 5.32 Å². The second-order valence-electron chi connectivity index (χ2n) is 9.61. The number of alkyl carbamates (subject to hydrolysis) is 1. The van der Waals surface area contributed by atoms with Crippen LogP contribution >= 0.6 is 0 Å². The van der Waals surface area contributed by atoms with Crippen molar-refractivity contribution < 1.29 is 24.2 Å². The second kappa shape index (κ2) is 11.3. The number of amides is 1. The minimum absolute atomic E-state index is 0.0602. The number of hydrogen-bond acceptors (Lipinski definition) is 6. The minimum atomic E-state index is -0.750. The number of aliphatic hydroxyl groups is 1. The van der Waals surface area contributed by atoms with Gasteiger partial charge in [0.05, 0.1) is 11.2 Å². The van der Waals surface area contributed by atoms with Gasteiger partial charge in [-0.05, 0) is 49.9 Å². The van der Waals surface area contributed by atoms with Gasteiger partial charge in [0.2, 0.25) is 0 Å². The van der Waals surface area contributed by atoms with Gasteiger partial charge in [0.25, 0.3) is 0 Å². The van der Waals surface area contributed by atoms with E-state index in [0.29, 0.717) is 23.0 Å². The van der Waals surface area contributed by atoms with Crippen LogP contribution in [0.3, 0.4) is 0 Å². The van der Waals surface area contributed by atoms with Crippen LogP contribution in [0, 0.1) is 0 Å². The number of nitrogens with one attached hydrogen (secondary N) is 1. The van der Waals surface area contributed by atoms with Crippen LogP contribution in [0.4, 0.5) is 9.59 Å². The van der Waals surface area contributed by atoms with Crippen LogP contribution in [0.15, 0.2) is 78.9 Å². The molecule has 8 heteroatoms. The molecule has 3 aromatic carbocycles. The number of rotatable bonds is 7. The van der Waals surface area contributed by atoms with E-state index in [1.807, 2.05) is 72.8 Å². The van der Waals surface area contributed by atoms with Crippen molar-refractivity contribution in [3.8, 4) is 0 Å². The lowest BCUT2D eigenvalue weighted by Crippen LogP contribution is -2.31. The molecule has 0 aliphatic carbocycles. The average molecular weight is 502 g/mol. The summed E-state index contributed by atoms with van der Waals surface area (Å²) in [6.07, 6.45) is -0.870. The molecule has 192 valence electrons. The molecule has 0 radical (unpaired) electrons. The Balaban J connectivity index is 1.76. The monoisotopic (exact) mass is 501 g/mol. The zero-order valence-corrected chi connectivity index (χ0v) is 21.2. The second-order valence-corrected chi connectivity index (χ2v) is 9.61. The predicted molar refractivity (Wildman–Crippen MR) is 140 cm³/mol. The van der Waals surface area contributed by atoms with Gasteiger partial charge >= 0.3 is 12.2 Å². The summed E-state index contributed by atoms with van der Waals surface area (Å²) in [5, 5.41) is 17.9. The number of benzene rings is 3. The molecule has 0 bridgehead atoms. The van der Waals surface area contributed by atoms with E-state index in [4.69, 9.17) is 9.47 Å². The molecule has 0 saturated carbocycles. The molecule has 1 atom stereocenters. The van der Waals surface area contributed by atoms with Crippen LogP contribution in [0.2, 0.25) is 0 Å². The fraction of sp³-hybridized carbons (Fsp3) is 0.276. The average Bonchev–Trinajstić information content (AvgIpc) is 3.26. The van der Waals surface area contributed by atoms with Crippen molar-refractivity contribution in [2.24, 2.45) is 0 Å². The number of carbonyl (C=O) groups is 2. The largest absolute Gasteiger partial charge is 0.445 e. The van der Waals surface area contributed by atoms with Gasteiger partial charge in [-0.25, -0.2) is 9.59 Å². The lowest BCUT2D eigenvalue weighted by atomic mass is 9.95. The van der Waals surface area contributed by atoms with Gasteiger partial charge in [-0.2, -0.15) is 9.78 Å². The first kappa shape index (κ1) is 25.9. The van der Waals surface area contributed by atoms with Crippen molar-refractivity contribution >= 4 is 23.1 Å². The highest BCUT2D eigenvalue weighted by atomic mass is 16.6. The molecule has 0 aliphatic heterocycles. The van der Waals surface area contributed by atoms with Crippen LogP contribution in [0.5, 0.6) is 0 Å². The molecule has 0 aliphatic rings. The summed E-state index contributed by atoms with van der Waals surface area (Å²) in [4.78, 5) is 26.0. The van der Waals surface area contributed by atoms with Gasteiger partial charge in [-0.3, -0.25) is 0 Å². The minimum Gasteiger partial charge on any atom is -0.445 e. The molecule has 8 nitrogen and oxygen atoms in total. The van der Waals surface area contributed by atoms with Gasteiger partial charge in [0.1, 0.15) is 18.2 Å². The first-order chi connectivity index (χ1) is 17.8. The van der Waals surface area contributed by atoms with E-state index in [1.165, 1.54) is 4.68 Å². The fourth-order valence-corrected chi connectivity index (χ4v) is 4.09. The molecule has 0 saturated heterocycles. The number of fused-ring (bicyclic) bond motifs is 1. The van der Waals surface area contributed by atoms with Gasteiger partial charge in [-0.15, -0.1) is 0 Å². The Bertz CT molecular complexity index is 1380. The summed E-state index contributed by atoms with van der Waals surface area (Å²) in [5.74, 6) is 0. The van der Waals surface area contributed by atoms with E-state index >= 15 is 0 Å². The third-order valence-corrected chi connectivity index (χ3v) is 5.68. The van der Waals surface area contributed by atoms with E-state index in [2.05, 4.69) is 10.4 Å². The van der Waals surface area contributed by atoms with E-state index in [1.54, 1.807) is 26.8 Å². The molecular formula is C29H31N3O5. The van der Waals surface area contributed by atoms with Gasteiger partial charge < -0.3 is 19.9 Å².